The molecule has 3 nitrogen and oxygen atoms in total. The maximum atomic E-state index is 12.7. The van der Waals surface area contributed by atoms with Gasteiger partial charge in [-0.05, 0) is 92.2 Å². The number of rotatable bonds is 9. The van der Waals surface area contributed by atoms with Crippen molar-refractivity contribution in [2.24, 2.45) is 28.6 Å². The van der Waals surface area contributed by atoms with Gasteiger partial charge in [0.2, 0.25) is 0 Å². The summed E-state index contributed by atoms with van der Waals surface area (Å²) < 4.78 is 12.7. The number of benzene rings is 1. The van der Waals surface area contributed by atoms with Crippen molar-refractivity contribution >= 4 is 5.97 Å². The van der Waals surface area contributed by atoms with Gasteiger partial charge in [-0.15, -0.1) is 0 Å². The molecule has 1 aromatic rings. The Morgan fingerprint density at radius 2 is 1.78 bits per heavy atom. The van der Waals surface area contributed by atoms with E-state index in [2.05, 4.69) is 26.8 Å². The molecule has 5 aliphatic rings. The number of hydrogen-bond donors (Lipinski definition) is 0. The summed E-state index contributed by atoms with van der Waals surface area (Å²) in [4.78, 5) is 12.7. The van der Waals surface area contributed by atoms with Gasteiger partial charge in [0.15, 0.2) is 0 Å². The van der Waals surface area contributed by atoms with Crippen molar-refractivity contribution in [1.29, 1.82) is 0 Å². The number of hydrogen-bond acceptors (Lipinski definition) is 3. The van der Waals surface area contributed by atoms with Crippen LogP contribution in [0, 0.1) is 28.6 Å². The van der Waals surface area contributed by atoms with Crippen LogP contribution in [0.4, 0.5) is 0 Å². The average molecular weight is 505 g/mol. The zero-order chi connectivity index (χ0) is 25.7. The lowest BCUT2D eigenvalue weighted by Gasteiger charge is -2.57. The monoisotopic (exact) mass is 504 g/mol. The minimum absolute atomic E-state index is 0.0471. The second-order valence-electron chi connectivity index (χ2n) is 13.6. The van der Waals surface area contributed by atoms with Gasteiger partial charge in [0.05, 0.1) is 11.7 Å². The minimum atomic E-state index is -0.162. The lowest BCUT2D eigenvalue weighted by atomic mass is 9.47. The van der Waals surface area contributed by atoms with Crippen LogP contribution < -0.4 is 0 Å². The van der Waals surface area contributed by atoms with Gasteiger partial charge in [0.1, 0.15) is 11.7 Å². The Bertz CT molecular complexity index is 1020. The van der Waals surface area contributed by atoms with Gasteiger partial charge in [0, 0.05) is 5.41 Å². The first kappa shape index (κ1) is 25.7. The third-order valence-corrected chi connectivity index (χ3v) is 11.8. The van der Waals surface area contributed by atoms with E-state index in [-0.39, 0.29) is 17.7 Å². The molecule has 1 heterocycles. The molecule has 3 unspecified atom stereocenters. The molecule has 8 atom stereocenters. The van der Waals surface area contributed by atoms with E-state index >= 15 is 0 Å². The zero-order valence-electron chi connectivity index (χ0n) is 23.5. The molecule has 1 aromatic carbocycles. The van der Waals surface area contributed by atoms with Crippen molar-refractivity contribution in [2.45, 2.75) is 128 Å². The average Bonchev–Trinajstić information content (AvgIpc) is 3.57. The zero-order valence-corrected chi connectivity index (χ0v) is 23.5. The third-order valence-electron chi connectivity index (χ3n) is 11.8. The van der Waals surface area contributed by atoms with E-state index in [9.17, 15) is 4.79 Å². The Hall–Kier alpha value is -1.61. The lowest BCUT2D eigenvalue weighted by Crippen LogP contribution is -2.54. The molecule has 3 saturated carbocycles. The van der Waals surface area contributed by atoms with E-state index < -0.39 is 0 Å². The number of carbonyl (C=O) groups excluding carboxylic acids is 1. The number of allylic oxidation sites excluding steroid dienone is 1. The van der Waals surface area contributed by atoms with Crippen molar-refractivity contribution < 1.29 is 14.3 Å². The standard InChI is InChI=1S/C34H48O3/c1-4-5-6-7-8-12-15-26-23-30-34(37-30)29-17-16-25-22-27(36-31(35)24-13-10-9-11-14-24)18-20-32(25,2)28(29)19-21-33(26,34)3/h9-11,13-14,17,25-28,30H,4-8,12,15-16,18-23H2,1-3H3/t25?,26-,27-,28?,30-,32-,33+,34?/m0/s1. The SMILES string of the molecule is CCCCCCCC[C@H]1C[C@@H]2OC23C2=CCC4C[C@@H](OC(=O)c5ccccc5)CC[C@]4(C)C2CC[C@]13C. The highest BCUT2D eigenvalue weighted by Crippen LogP contribution is 2.75. The number of ether oxygens (including phenoxy) is 2. The summed E-state index contributed by atoms with van der Waals surface area (Å²) in [7, 11) is 0. The maximum absolute atomic E-state index is 12.7. The van der Waals surface area contributed by atoms with E-state index in [4.69, 9.17) is 9.47 Å². The Balaban J connectivity index is 1.12. The van der Waals surface area contributed by atoms with Gasteiger partial charge in [-0.3, -0.25) is 0 Å². The second kappa shape index (κ2) is 9.85. The van der Waals surface area contributed by atoms with Crippen molar-refractivity contribution in [3.8, 4) is 0 Å². The predicted octanol–water partition coefficient (Wildman–Crippen LogP) is 8.67. The molecule has 4 aliphatic carbocycles. The Morgan fingerprint density at radius 1 is 1.00 bits per heavy atom. The number of esters is 1. The summed E-state index contributed by atoms with van der Waals surface area (Å²) >= 11 is 0. The number of unbranched alkanes of at least 4 members (excludes halogenated alkanes) is 5. The largest absolute Gasteiger partial charge is 0.459 e. The quantitative estimate of drug-likeness (QED) is 0.146. The highest BCUT2D eigenvalue weighted by molar-refractivity contribution is 5.89. The van der Waals surface area contributed by atoms with Crippen molar-refractivity contribution in [3.63, 3.8) is 0 Å². The van der Waals surface area contributed by atoms with Crippen LogP contribution in [0.5, 0.6) is 0 Å². The molecule has 4 fully saturated rings. The predicted molar refractivity (Wildman–Crippen MR) is 148 cm³/mol. The summed E-state index contributed by atoms with van der Waals surface area (Å²) in [5, 5.41) is 0. The first-order valence-corrected chi connectivity index (χ1v) is 15.6. The molecule has 0 aromatic heterocycles. The van der Waals surface area contributed by atoms with Crippen LogP contribution in [-0.2, 0) is 9.47 Å². The number of fused-ring (bicyclic) bond motifs is 3. The first-order valence-electron chi connectivity index (χ1n) is 15.6. The molecule has 0 amide bonds. The van der Waals surface area contributed by atoms with E-state index in [1.807, 2.05) is 30.3 Å². The Kier molecular flexibility index (Phi) is 6.83. The molecule has 1 saturated heterocycles. The van der Waals surface area contributed by atoms with E-state index in [0.717, 1.165) is 31.6 Å². The Morgan fingerprint density at radius 3 is 2.59 bits per heavy atom. The fourth-order valence-electron chi connectivity index (χ4n) is 9.52. The van der Waals surface area contributed by atoms with E-state index in [1.54, 1.807) is 5.57 Å². The molecule has 1 spiro atoms. The fraction of sp³-hybridized carbons (Fsp3) is 0.735. The summed E-state index contributed by atoms with van der Waals surface area (Å²) in [6.07, 6.45) is 21.1. The topological polar surface area (TPSA) is 38.8 Å². The molecule has 0 N–H and O–H groups in total. The van der Waals surface area contributed by atoms with Gasteiger partial charge in [-0.1, -0.05) is 83.6 Å². The van der Waals surface area contributed by atoms with E-state index in [1.165, 1.54) is 64.2 Å². The van der Waals surface area contributed by atoms with Crippen LogP contribution >= 0.6 is 0 Å². The van der Waals surface area contributed by atoms with Gasteiger partial charge in [0.25, 0.3) is 0 Å². The molecule has 0 radical (unpaired) electrons. The number of epoxide rings is 1. The van der Waals surface area contributed by atoms with E-state index in [0.29, 0.717) is 34.3 Å². The summed E-state index contributed by atoms with van der Waals surface area (Å²) in [6, 6.07) is 9.48. The van der Waals surface area contributed by atoms with Crippen LogP contribution in [0.1, 0.15) is 121 Å². The maximum Gasteiger partial charge on any atom is 0.338 e. The van der Waals surface area contributed by atoms with Crippen LogP contribution in [0.3, 0.4) is 0 Å². The van der Waals surface area contributed by atoms with Crippen LogP contribution in [-0.4, -0.2) is 23.8 Å². The van der Waals surface area contributed by atoms with Crippen molar-refractivity contribution in [3.05, 3.63) is 47.5 Å². The highest BCUT2D eigenvalue weighted by Gasteiger charge is 2.78. The lowest BCUT2D eigenvalue weighted by molar-refractivity contribution is -0.0619. The summed E-state index contributed by atoms with van der Waals surface area (Å²) in [5.41, 5.74) is 3.04. The Labute approximate surface area is 224 Å². The van der Waals surface area contributed by atoms with Gasteiger partial charge < -0.3 is 9.47 Å². The smallest absolute Gasteiger partial charge is 0.338 e. The van der Waals surface area contributed by atoms with Gasteiger partial charge in [-0.25, -0.2) is 4.79 Å². The molecule has 6 rings (SSSR count). The normalized spacial score (nSPS) is 41.6. The third kappa shape index (κ3) is 4.14. The van der Waals surface area contributed by atoms with Crippen LogP contribution in [0.15, 0.2) is 42.0 Å². The molecule has 37 heavy (non-hydrogen) atoms. The molecule has 1 aliphatic heterocycles. The second-order valence-corrected chi connectivity index (χ2v) is 13.6. The molecular formula is C34H48O3. The van der Waals surface area contributed by atoms with Crippen LogP contribution in [0.2, 0.25) is 0 Å². The van der Waals surface area contributed by atoms with Gasteiger partial charge in [-0.2, -0.15) is 0 Å². The molecular weight excluding hydrogens is 456 g/mol. The van der Waals surface area contributed by atoms with Crippen molar-refractivity contribution in [1.82, 2.24) is 0 Å². The summed E-state index contributed by atoms with van der Waals surface area (Å²) in [5.74, 6) is 1.91. The molecule has 0 bridgehead atoms. The number of carbonyl (C=O) groups is 1. The highest BCUT2D eigenvalue weighted by atomic mass is 16.6. The molecule has 202 valence electrons. The molecule has 3 heteroatoms. The minimum Gasteiger partial charge on any atom is -0.459 e. The summed E-state index contributed by atoms with van der Waals surface area (Å²) in [6.45, 7) is 7.45. The van der Waals surface area contributed by atoms with Gasteiger partial charge >= 0.3 is 5.97 Å². The van der Waals surface area contributed by atoms with Crippen molar-refractivity contribution in [2.75, 3.05) is 0 Å². The van der Waals surface area contributed by atoms with Crippen LogP contribution in [0.25, 0.3) is 0 Å². The fourth-order valence-corrected chi connectivity index (χ4v) is 9.52. The first-order chi connectivity index (χ1) is 17.9.